The molecule has 1 aliphatic rings. The van der Waals surface area contributed by atoms with Gasteiger partial charge in [0, 0.05) is 19.6 Å². The number of nitrogens with zero attached hydrogens (tertiary/aromatic N) is 2. The SMILES string of the molecule is N#Cc1cccc(CNCCCN2CCC(O)CC2)c1. The number of aliphatic hydroxyl groups is 1. The summed E-state index contributed by atoms with van der Waals surface area (Å²) in [5, 5.41) is 21.7. The van der Waals surface area contributed by atoms with Crippen LogP contribution in [0.1, 0.15) is 30.4 Å². The summed E-state index contributed by atoms with van der Waals surface area (Å²) in [6, 6.07) is 9.88. The van der Waals surface area contributed by atoms with Gasteiger partial charge in [-0.1, -0.05) is 12.1 Å². The van der Waals surface area contributed by atoms with E-state index < -0.39 is 0 Å². The van der Waals surface area contributed by atoms with Crippen LogP contribution in [0.15, 0.2) is 24.3 Å². The molecule has 0 saturated carbocycles. The zero-order valence-corrected chi connectivity index (χ0v) is 11.9. The van der Waals surface area contributed by atoms with E-state index in [1.54, 1.807) is 0 Å². The van der Waals surface area contributed by atoms with E-state index in [1.165, 1.54) is 0 Å². The molecule has 1 saturated heterocycles. The van der Waals surface area contributed by atoms with Gasteiger partial charge in [0.15, 0.2) is 0 Å². The molecule has 0 aliphatic carbocycles. The Labute approximate surface area is 121 Å². The zero-order chi connectivity index (χ0) is 14.2. The molecule has 1 aromatic rings. The van der Waals surface area contributed by atoms with Gasteiger partial charge >= 0.3 is 0 Å². The van der Waals surface area contributed by atoms with Crippen molar-refractivity contribution in [3.8, 4) is 6.07 Å². The first kappa shape index (κ1) is 15.0. The van der Waals surface area contributed by atoms with Gasteiger partial charge in [0.2, 0.25) is 0 Å². The average Bonchev–Trinajstić information content (AvgIpc) is 2.49. The fourth-order valence-electron chi connectivity index (χ4n) is 2.55. The molecule has 20 heavy (non-hydrogen) atoms. The smallest absolute Gasteiger partial charge is 0.0991 e. The third kappa shape index (κ3) is 4.93. The van der Waals surface area contributed by atoms with Crippen molar-refractivity contribution in [2.75, 3.05) is 26.2 Å². The van der Waals surface area contributed by atoms with Gasteiger partial charge in [-0.15, -0.1) is 0 Å². The van der Waals surface area contributed by atoms with Gasteiger partial charge in [0.25, 0.3) is 0 Å². The number of hydrogen-bond acceptors (Lipinski definition) is 4. The minimum atomic E-state index is -0.0863. The topological polar surface area (TPSA) is 59.3 Å². The van der Waals surface area contributed by atoms with Crippen LogP contribution in [-0.2, 0) is 6.54 Å². The Kier molecular flexibility index (Phi) is 6.00. The molecule has 0 amide bonds. The van der Waals surface area contributed by atoms with Gasteiger partial charge < -0.3 is 15.3 Å². The van der Waals surface area contributed by atoms with Crippen LogP contribution in [0.3, 0.4) is 0 Å². The Balaban J connectivity index is 1.58. The van der Waals surface area contributed by atoms with E-state index >= 15 is 0 Å². The first-order chi connectivity index (χ1) is 9.78. The minimum Gasteiger partial charge on any atom is -0.393 e. The van der Waals surface area contributed by atoms with Crippen molar-refractivity contribution in [3.63, 3.8) is 0 Å². The maximum atomic E-state index is 9.44. The highest BCUT2D eigenvalue weighted by Crippen LogP contribution is 2.09. The van der Waals surface area contributed by atoms with E-state index in [2.05, 4.69) is 16.3 Å². The molecule has 1 aromatic carbocycles. The highest BCUT2D eigenvalue weighted by Gasteiger charge is 2.15. The van der Waals surface area contributed by atoms with Gasteiger partial charge in [-0.2, -0.15) is 5.26 Å². The summed E-state index contributed by atoms with van der Waals surface area (Å²) in [7, 11) is 0. The van der Waals surface area contributed by atoms with Crippen LogP contribution in [0.2, 0.25) is 0 Å². The lowest BCUT2D eigenvalue weighted by Gasteiger charge is -2.29. The summed E-state index contributed by atoms with van der Waals surface area (Å²) in [5.41, 5.74) is 1.88. The Morgan fingerprint density at radius 1 is 1.35 bits per heavy atom. The predicted octanol–water partition coefficient (Wildman–Crippen LogP) is 1.49. The molecule has 0 aromatic heterocycles. The lowest BCUT2D eigenvalue weighted by Crippen LogP contribution is -2.37. The van der Waals surface area contributed by atoms with Crippen molar-refractivity contribution >= 4 is 0 Å². The quantitative estimate of drug-likeness (QED) is 0.771. The second-order valence-electron chi connectivity index (χ2n) is 5.42. The number of likely N-dealkylation sites (tertiary alicyclic amines) is 1. The number of benzene rings is 1. The van der Waals surface area contributed by atoms with E-state index in [0.717, 1.165) is 63.1 Å². The molecule has 0 unspecified atom stereocenters. The summed E-state index contributed by atoms with van der Waals surface area (Å²) in [6.07, 6.45) is 2.85. The molecular formula is C16H23N3O. The molecule has 1 fully saturated rings. The molecule has 2 rings (SSSR count). The maximum Gasteiger partial charge on any atom is 0.0991 e. The number of nitriles is 1. The maximum absolute atomic E-state index is 9.44. The number of aliphatic hydroxyl groups excluding tert-OH is 1. The van der Waals surface area contributed by atoms with Crippen LogP contribution < -0.4 is 5.32 Å². The Hall–Kier alpha value is -1.41. The van der Waals surface area contributed by atoms with Crippen molar-refractivity contribution in [2.45, 2.75) is 31.9 Å². The minimum absolute atomic E-state index is 0.0863. The number of piperidine rings is 1. The number of rotatable bonds is 6. The van der Waals surface area contributed by atoms with Crippen molar-refractivity contribution < 1.29 is 5.11 Å². The Morgan fingerprint density at radius 3 is 2.90 bits per heavy atom. The van der Waals surface area contributed by atoms with Crippen LogP contribution in [0.25, 0.3) is 0 Å². The van der Waals surface area contributed by atoms with Crippen molar-refractivity contribution in [2.24, 2.45) is 0 Å². The third-order valence-corrected chi connectivity index (χ3v) is 3.77. The highest BCUT2D eigenvalue weighted by molar-refractivity contribution is 5.32. The van der Waals surface area contributed by atoms with Gasteiger partial charge in [0.05, 0.1) is 17.7 Å². The van der Waals surface area contributed by atoms with E-state index in [4.69, 9.17) is 5.26 Å². The molecule has 0 spiro atoms. The molecule has 0 atom stereocenters. The second kappa shape index (κ2) is 8.01. The third-order valence-electron chi connectivity index (χ3n) is 3.77. The molecule has 0 radical (unpaired) electrons. The first-order valence-electron chi connectivity index (χ1n) is 7.38. The van der Waals surface area contributed by atoms with Gasteiger partial charge in [-0.05, 0) is 50.0 Å². The molecule has 4 heteroatoms. The summed E-state index contributed by atoms with van der Waals surface area (Å²) < 4.78 is 0. The van der Waals surface area contributed by atoms with E-state index in [-0.39, 0.29) is 6.10 Å². The van der Waals surface area contributed by atoms with E-state index in [9.17, 15) is 5.11 Å². The van der Waals surface area contributed by atoms with Gasteiger partial charge in [-0.3, -0.25) is 0 Å². The molecule has 1 aliphatic heterocycles. The first-order valence-corrected chi connectivity index (χ1v) is 7.38. The Morgan fingerprint density at radius 2 is 2.15 bits per heavy atom. The largest absolute Gasteiger partial charge is 0.393 e. The van der Waals surface area contributed by atoms with Crippen molar-refractivity contribution in [3.05, 3.63) is 35.4 Å². The highest BCUT2D eigenvalue weighted by atomic mass is 16.3. The normalized spacial score (nSPS) is 17.0. The van der Waals surface area contributed by atoms with E-state index in [0.29, 0.717) is 0 Å². The predicted molar refractivity (Wildman–Crippen MR) is 79.2 cm³/mol. The fourth-order valence-corrected chi connectivity index (χ4v) is 2.55. The van der Waals surface area contributed by atoms with Crippen LogP contribution in [-0.4, -0.2) is 42.3 Å². The summed E-state index contributed by atoms with van der Waals surface area (Å²) in [4.78, 5) is 2.42. The van der Waals surface area contributed by atoms with Gasteiger partial charge in [-0.25, -0.2) is 0 Å². The average molecular weight is 273 g/mol. The molecule has 108 valence electrons. The molecule has 0 bridgehead atoms. The summed E-state index contributed by atoms with van der Waals surface area (Å²) in [6.45, 7) is 4.93. The van der Waals surface area contributed by atoms with Crippen LogP contribution in [0, 0.1) is 11.3 Å². The second-order valence-corrected chi connectivity index (χ2v) is 5.42. The molecular weight excluding hydrogens is 250 g/mol. The molecule has 1 heterocycles. The summed E-state index contributed by atoms with van der Waals surface area (Å²) >= 11 is 0. The molecule has 2 N–H and O–H groups in total. The van der Waals surface area contributed by atoms with Crippen molar-refractivity contribution in [1.29, 1.82) is 5.26 Å². The van der Waals surface area contributed by atoms with Crippen molar-refractivity contribution in [1.82, 2.24) is 10.2 Å². The number of nitrogens with one attached hydrogen (secondary N) is 1. The lowest BCUT2D eigenvalue weighted by atomic mass is 10.1. The van der Waals surface area contributed by atoms with Crippen LogP contribution >= 0.6 is 0 Å². The van der Waals surface area contributed by atoms with E-state index in [1.807, 2.05) is 24.3 Å². The van der Waals surface area contributed by atoms with Crippen LogP contribution in [0.5, 0.6) is 0 Å². The fraction of sp³-hybridized carbons (Fsp3) is 0.562. The van der Waals surface area contributed by atoms with Gasteiger partial charge in [0.1, 0.15) is 0 Å². The monoisotopic (exact) mass is 273 g/mol. The standard InChI is InChI=1S/C16H23N3O/c17-12-14-3-1-4-15(11-14)13-18-7-2-8-19-9-5-16(20)6-10-19/h1,3-4,11,16,18,20H,2,5-10,13H2. The Bertz CT molecular complexity index is 447. The zero-order valence-electron chi connectivity index (χ0n) is 11.9. The van der Waals surface area contributed by atoms with Crippen LogP contribution in [0.4, 0.5) is 0 Å². The number of hydrogen-bond donors (Lipinski definition) is 2. The lowest BCUT2D eigenvalue weighted by molar-refractivity contribution is 0.0821. The summed E-state index contributed by atoms with van der Waals surface area (Å²) in [5.74, 6) is 0. The molecule has 4 nitrogen and oxygen atoms in total.